The first-order valence-corrected chi connectivity index (χ1v) is 6.73. The van der Waals surface area contributed by atoms with Gasteiger partial charge in [-0.3, -0.25) is 4.99 Å². The molecule has 0 bridgehead atoms. The van der Waals surface area contributed by atoms with Gasteiger partial charge in [0.15, 0.2) is 5.96 Å². The summed E-state index contributed by atoms with van der Waals surface area (Å²) in [5.41, 5.74) is -0.466. The second-order valence-corrected chi connectivity index (χ2v) is 5.79. The lowest BCUT2D eigenvalue weighted by Gasteiger charge is -2.24. The quantitative estimate of drug-likeness (QED) is 0.528. The van der Waals surface area contributed by atoms with Crippen molar-refractivity contribution < 1.29 is 9.53 Å². The zero-order chi connectivity index (χ0) is 14.5. The molecule has 3 N–H and O–H groups in total. The van der Waals surface area contributed by atoms with Gasteiger partial charge in [0.1, 0.15) is 5.60 Å². The molecule has 0 saturated heterocycles. The zero-order valence-electron chi connectivity index (χ0n) is 12.5. The summed E-state index contributed by atoms with van der Waals surface area (Å²) in [5.74, 6) is 1.26. The van der Waals surface area contributed by atoms with Crippen molar-refractivity contribution in [3.05, 3.63) is 0 Å². The third-order valence-electron chi connectivity index (χ3n) is 2.84. The van der Waals surface area contributed by atoms with Crippen molar-refractivity contribution in [2.45, 2.75) is 45.3 Å². The standard InChI is InChI=1S/C13H26N4O2/c1-13(2,3)19-12(18)17-10(9-6-7-9)8-16-11(14-4)15-5/h9-10H,6-8H2,1-5H3,(H,17,18)(H2,14,15,16). The topological polar surface area (TPSA) is 74.8 Å². The van der Waals surface area contributed by atoms with Crippen LogP contribution in [0.1, 0.15) is 33.6 Å². The second-order valence-electron chi connectivity index (χ2n) is 5.79. The van der Waals surface area contributed by atoms with E-state index >= 15 is 0 Å². The normalized spacial score (nSPS) is 17.6. The summed E-state index contributed by atoms with van der Waals surface area (Å²) in [4.78, 5) is 15.8. The highest BCUT2D eigenvalue weighted by Crippen LogP contribution is 2.32. The van der Waals surface area contributed by atoms with Gasteiger partial charge in [-0.2, -0.15) is 0 Å². The van der Waals surface area contributed by atoms with Gasteiger partial charge in [0.2, 0.25) is 0 Å². The minimum atomic E-state index is -0.466. The van der Waals surface area contributed by atoms with E-state index in [-0.39, 0.29) is 12.1 Å². The second kappa shape index (κ2) is 6.63. The van der Waals surface area contributed by atoms with Gasteiger partial charge in [0.25, 0.3) is 0 Å². The molecule has 0 aromatic carbocycles. The number of amides is 1. The monoisotopic (exact) mass is 270 g/mol. The molecule has 1 aliphatic rings. The Morgan fingerprint density at radius 3 is 2.47 bits per heavy atom. The summed E-state index contributed by atoms with van der Waals surface area (Å²) in [6, 6.07) is 0.0833. The van der Waals surface area contributed by atoms with E-state index in [0.717, 1.165) is 18.8 Å². The Morgan fingerprint density at radius 1 is 1.42 bits per heavy atom. The van der Waals surface area contributed by atoms with Crippen LogP contribution in [0.3, 0.4) is 0 Å². The number of alkyl carbamates (subject to hydrolysis) is 1. The van der Waals surface area contributed by atoms with Crippen LogP contribution in [0.2, 0.25) is 0 Å². The van der Waals surface area contributed by atoms with Crippen LogP contribution in [0.4, 0.5) is 4.79 Å². The molecule has 1 fully saturated rings. The molecule has 0 spiro atoms. The maximum Gasteiger partial charge on any atom is 0.407 e. The Hall–Kier alpha value is -1.46. The largest absolute Gasteiger partial charge is 0.444 e. The molecule has 0 aromatic heterocycles. The average molecular weight is 270 g/mol. The maximum atomic E-state index is 11.8. The van der Waals surface area contributed by atoms with Crippen LogP contribution in [0, 0.1) is 5.92 Å². The summed E-state index contributed by atoms with van der Waals surface area (Å²) in [6.45, 7) is 6.23. The van der Waals surface area contributed by atoms with Crippen LogP contribution < -0.4 is 16.0 Å². The number of hydrogen-bond donors (Lipinski definition) is 3. The molecular formula is C13H26N4O2. The Labute approximate surface area is 115 Å². The molecule has 0 radical (unpaired) electrons. The Balaban J connectivity index is 2.43. The first kappa shape index (κ1) is 15.6. The van der Waals surface area contributed by atoms with Crippen molar-refractivity contribution in [3.63, 3.8) is 0 Å². The van der Waals surface area contributed by atoms with Gasteiger partial charge in [-0.15, -0.1) is 0 Å². The van der Waals surface area contributed by atoms with E-state index in [1.54, 1.807) is 7.05 Å². The van der Waals surface area contributed by atoms with Gasteiger partial charge in [-0.1, -0.05) is 0 Å². The number of ether oxygens (including phenoxy) is 1. The van der Waals surface area contributed by atoms with Crippen molar-refractivity contribution >= 4 is 12.1 Å². The molecule has 0 aromatic rings. The molecule has 0 aliphatic heterocycles. The van der Waals surface area contributed by atoms with Gasteiger partial charge in [-0.25, -0.2) is 4.79 Å². The summed E-state index contributed by atoms with van der Waals surface area (Å²) >= 11 is 0. The van der Waals surface area contributed by atoms with Crippen LogP contribution in [0.5, 0.6) is 0 Å². The predicted molar refractivity (Wildman–Crippen MR) is 76.3 cm³/mol. The van der Waals surface area contributed by atoms with E-state index in [9.17, 15) is 4.79 Å². The molecule has 1 atom stereocenters. The molecule has 110 valence electrons. The van der Waals surface area contributed by atoms with Crippen LogP contribution >= 0.6 is 0 Å². The lowest BCUT2D eigenvalue weighted by Crippen LogP contribution is -2.48. The number of aliphatic imine (C=N–C) groups is 1. The number of guanidine groups is 1. The lowest BCUT2D eigenvalue weighted by molar-refractivity contribution is 0.0498. The van der Waals surface area contributed by atoms with Crippen molar-refractivity contribution in [2.75, 3.05) is 20.6 Å². The SMILES string of the molecule is CN=C(NC)NCC(NC(=O)OC(C)(C)C)C1CC1. The molecule has 0 heterocycles. The number of hydrogen-bond acceptors (Lipinski definition) is 3. The molecule has 1 unspecified atom stereocenters. The van der Waals surface area contributed by atoms with Crippen LogP contribution in [-0.4, -0.2) is 44.3 Å². The molecular weight excluding hydrogens is 244 g/mol. The fourth-order valence-electron chi connectivity index (χ4n) is 1.78. The van der Waals surface area contributed by atoms with Crippen molar-refractivity contribution in [1.29, 1.82) is 0 Å². The summed E-state index contributed by atoms with van der Waals surface area (Å²) in [7, 11) is 3.52. The highest BCUT2D eigenvalue weighted by molar-refractivity contribution is 5.79. The van der Waals surface area contributed by atoms with E-state index in [0.29, 0.717) is 12.5 Å². The summed E-state index contributed by atoms with van der Waals surface area (Å²) in [5, 5.41) is 9.06. The van der Waals surface area contributed by atoms with Crippen LogP contribution in [-0.2, 0) is 4.74 Å². The molecule has 6 heteroatoms. The number of rotatable bonds is 4. The number of carbonyl (C=O) groups excluding carboxylic acids is 1. The van der Waals surface area contributed by atoms with E-state index < -0.39 is 5.60 Å². The Kier molecular flexibility index (Phi) is 5.44. The van der Waals surface area contributed by atoms with E-state index in [1.807, 2.05) is 27.8 Å². The van der Waals surface area contributed by atoms with Crippen molar-refractivity contribution in [3.8, 4) is 0 Å². The average Bonchev–Trinajstić information content (AvgIpc) is 3.10. The predicted octanol–water partition coefficient (Wildman–Crippen LogP) is 1.08. The van der Waals surface area contributed by atoms with Gasteiger partial charge >= 0.3 is 6.09 Å². The number of nitrogens with one attached hydrogen (secondary N) is 3. The number of carbonyl (C=O) groups is 1. The lowest BCUT2D eigenvalue weighted by atomic mass is 10.2. The Morgan fingerprint density at radius 2 is 2.05 bits per heavy atom. The smallest absolute Gasteiger partial charge is 0.407 e. The molecule has 19 heavy (non-hydrogen) atoms. The molecule has 1 rings (SSSR count). The van der Waals surface area contributed by atoms with E-state index in [4.69, 9.17) is 4.74 Å². The molecule has 1 amide bonds. The molecule has 6 nitrogen and oxygen atoms in total. The summed E-state index contributed by atoms with van der Waals surface area (Å²) in [6.07, 6.45) is 1.95. The third-order valence-corrected chi connectivity index (χ3v) is 2.84. The minimum absolute atomic E-state index is 0.0833. The molecule has 1 saturated carbocycles. The van der Waals surface area contributed by atoms with E-state index in [1.165, 1.54) is 0 Å². The first-order chi connectivity index (χ1) is 8.85. The zero-order valence-corrected chi connectivity index (χ0v) is 12.5. The first-order valence-electron chi connectivity index (χ1n) is 6.73. The third kappa shape index (κ3) is 6.31. The fourth-order valence-corrected chi connectivity index (χ4v) is 1.78. The fraction of sp³-hybridized carbons (Fsp3) is 0.846. The van der Waals surface area contributed by atoms with Crippen LogP contribution in [0.25, 0.3) is 0 Å². The Bertz CT molecular complexity index is 332. The van der Waals surface area contributed by atoms with Crippen molar-refractivity contribution in [2.24, 2.45) is 10.9 Å². The van der Waals surface area contributed by atoms with Crippen LogP contribution in [0.15, 0.2) is 4.99 Å². The maximum absolute atomic E-state index is 11.8. The minimum Gasteiger partial charge on any atom is -0.444 e. The van der Waals surface area contributed by atoms with Gasteiger partial charge in [0, 0.05) is 20.6 Å². The van der Waals surface area contributed by atoms with Crippen molar-refractivity contribution in [1.82, 2.24) is 16.0 Å². The van der Waals surface area contributed by atoms with Gasteiger partial charge in [0.05, 0.1) is 6.04 Å². The van der Waals surface area contributed by atoms with Gasteiger partial charge in [-0.05, 0) is 39.5 Å². The van der Waals surface area contributed by atoms with E-state index in [2.05, 4.69) is 20.9 Å². The highest BCUT2D eigenvalue weighted by Gasteiger charge is 2.33. The molecule has 1 aliphatic carbocycles. The number of nitrogens with zero attached hydrogens (tertiary/aromatic N) is 1. The van der Waals surface area contributed by atoms with Gasteiger partial charge < -0.3 is 20.7 Å². The summed E-state index contributed by atoms with van der Waals surface area (Å²) < 4.78 is 5.28. The highest BCUT2D eigenvalue weighted by atomic mass is 16.6.